The van der Waals surface area contributed by atoms with E-state index in [4.69, 9.17) is 10.2 Å². The minimum absolute atomic E-state index is 0.0152. The van der Waals surface area contributed by atoms with E-state index in [1.54, 1.807) is 0 Å². The van der Waals surface area contributed by atoms with Gasteiger partial charge in [0.15, 0.2) is 0 Å². The quantitative estimate of drug-likeness (QED) is 0.535. The minimum atomic E-state index is -0.780. The molecular formula is C8H15NO3. The summed E-state index contributed by atoms with van der Waals surface area (Å²) < 4.78 is 0. The number of hydrogen-bond donors (Lipinski definition) is 3. The third-order valence-corrected chi connectivity index (χ3v) is 2.44. The number of carboxylic acid groups (broad SMARTS) is 1. The minimum Gasteiger partial charge on any atom is -0.481 e. The Morgan fingerprint density at radius 2 is 2.08 bits per heavy atom. The van der Waals surface area contributed by atoms with Crippen LogP contribution in [0.25, 0.3) is 0 Å². The molecular weight excluding hydrogens is 158 g/mol. The molecule has 1 heterocycles. The van der Waals surface area contributed by atoms with Crippen LogP contribution in [0, 0.1) is 11.8 Å². The van der Waals surface area contributed by atoms with E-state index in [1.807, 2.05) is 0 Å². The van der Waals surface area contributed by atoms with Crippen LogP contribution in [0.2, 0.25) is 0 Å². The Hall–Kier alpha value is -0.610. The predicted molar refractivity (Wildman–Crippen MR) is 43.8 cm³/mol. The Balaban J connectivity index is 2.57. The number of carbonyl (C=O) groups is 1. The smallest absolute Gasteiger partial charge is 0.306 e. The molecule has 1 saturated heterocycles. The van der Waals surface area contributed by atoms with E-state index in [-0.39, 0.29) is 18.4 Å². The van der Waals surface area contributed by atoms with Crippen molar-refractivity contribution >= 4 is 5.97 Å². The zero-order valence-electron chi connectivity index (χ0n) is 6.99. The summed E-state index contributed by atoms with van der Waals surface area (Å²) in [7, 11) is 0. The molecule has 3 N–H and O–H groups in total. The molecule has 0 saturated carbocycles. The molecule has 0 spiro atoms. The van der Waals surface area contributed by atoms with Gasteiger partial charge in [-0.1, -0.05) is 0 Å². The molecule has 1 aliphatic rings. The van der Waals surface area contributed by atoms with Gasteiger partial charge in [-0.3, -0.25) is 4.79 Å². The van der Waals surface area contributed by atoms with Crippen molar-refractivity contribution in [2.75, 3.05) is 19.7 Å². The molecule has 0 amide bonds. The third-order valence-electron chi connectivity index (χ3n) is 2.44. The Bertz CT molecular complexity index is 160. The van der Waals surface area contributed by atoms with Crippen molar-refractivity contribution in [1.29, 1.82) is 0 Å². The van der Waals surface area contributed by atoms with Crippen LogP contribution < -0.4 is 5.32 Å². The van der Waals surface area contributed by atoms with E-state index in [1.165, 1.54) is 0 Å². The number of nitrogens with one attached hydrogen (secondary N) is 1. The van der Waals surface area contributed by atoms with E-state index < -0.39 is 5.97 Å². The van der Waals surface area contributed by atoms with Crippen molar-refractivity contribution in [3.05, 3.63) is 0 Å². The summed E-state index contributed by atoms with van der Waals surface area (Å²) in [6.45, 7) is 1.54. The SMILES string of the molecule is O=C(O)C1CCNCCC1CO. The summed E-state index contributed by atoms with van der Waals surface area (Å²) in [5.41, 5.74) is 0. The second-order valence-corrected chi connectivity index (χ2v) is 3.21. The molecule has 0 aromatic carbocycles. The summed E-state index contributed by atoms with van der Waals surface area (Å²) in [5.74, 6) is -1.22. The molecule has 4 heteroatoms. The molecule has 0 radical (unpaired) electrons. The maximum Gasteiger partial charge on any atom is 0.306 e. The fourth-order valence-corrected chi connectivity index (χ4v) is 1.65. The van der Waals surface area contributed by atoms with Crippen LogP contribution in [-0.2, 0) is 4.79 Å². The average molecular weight is 173 g/mol. The van der Waals surface area contributed by atoms with Crippen LogP contribution in [0.1, 0.15) is 12.8 Å². The van der Waals surface area contributed by atoms with Crippen molar-refractivity contribution in [2.45, 2.75) is 12.8 Å². The van der Waals surface area contributed by atoms with Crippen LogP contribution in [0.4, 0.5) is 0 Å². The lowest BCUT2D eigenvalue weighted by Crippen LogP contribution is -2.26. The zero-order chi connectivity index (χ0) is 8.97. The summed E-state index contributed by atoms with van der Waals surface area (Å²) in [5, 5.41) is 20.9. The normalized spacial score (nSPS) is 31.1. The van der Waals surface area contributed by atoms with Crippen molar-refractivity contribution in [1.82, 2.24) is 5.32 Å². The van der Waals surface area contributed by atoms with E-state index in [2.05, 4.69) is 5.32 Å². The van der Waals surface area contributed by atoms with Gasteiger partial charge in [-0.05, 0) is 31.8 Å². The lowest BCUT2D eigenvalue weighted by molar-refractivity contribution is -0.144. The van der Waals surface area contributed by atoms with Gasteiger partial charge in [0.2, 0.25) is 0 Å². The number of aliphatic hydroxyl groups is 1. The maximum absolute atomic E-state index is 10.7. The highest BCUT2D eigenvalue weighted by atomic mass is 16.4. The lowest BCUT2D eigenvalue weighted by Gasteiger charge is -2.17. The first-order valence-corrected chi connectivity index (χ1v) is 4.30. The highest BCUT2D eigenvalue weighted by Gasteiger charge is 2.28. The molecule has 0 aliphatic carbocycles. The molecule has 1 aliphatic heterocycles. The van der Waals surface area contributed by atoms with E-state index in [9.17, 15) is 4.79 Å². The first-order chi connectivity index (χ1) is 5.75. The van der Waals surface area contributed by atoms with Gasteiger partial charge < -0.3 is 15.5 Å². The van der Waals surface area contributed by atoms with E-state index >= 15 is 0 Å². The first kappa shape index (κ1) is 9.48. The lowest BCUT2D eigenvalue weighted by atomic mass is 9.89. The zero-order valence-corrected chi connectivity index (χ0v) is 6.99. The van der Waals surface area contributed by atoms with Crippen LogP contribution in [0.3, 0.4) is 0 Å². The summed E-state index contributed by atoms with van der Waals surface area (Å²) >= 11 is 0. The van der Waals surface area contributed by atoms with Gasteiger partial charge in [-0.2, -0.15) is 0 Å². The summed E-state index contributed by atoms with van der Waals surface area (Å²) in [6.07, 6.45) is 1.38. The van der Waals surface area contributed by atoms with Crippen LogP contribution in [0.5, 0.6) is 0 Å². The van der Waals surface area contributed by atoms with Crippen molar-refractivity contribution in [3.63, 3.8) is 0 Å². The molecule has 0 aromatic heterocycles. The van der Waals surface area contributed by atoms with Crippen molar-refractivity contribution < 1.29 is 15.0 Å². The van der Waals surface area contributed by atoms with Crippen molar-refractivity contribution in [2.24, 2.45) is 11.8 Å². The molecule has 70 valence electrons. The number of hydrogen-bond acceptors (Lipinski definition) is 3. The van der Waals surface area contributed by atoms with Gasteiger partial charge >= 0.3 is 5.97 Å². The fourth-order valence-electron chi connectivity index (χ4n) is 1.65. The molecule has 12 heavy (non-hydrogen) atoms. The predicted octanol–water partition coefficient (Wildman–Crippen LogP) is -0.321. The highest BCUT2D eigenvalue weighted by Crippen LogP contribution is 2.20. The third kappa shape index (κ3) is 2.19. The van der Waals surface area contributed by atoms with Gasteiger partial charge in [0.05, 0.1) is 5.92 Å². The molecule has 2 unspecified atom stereocenters. The molecule has 1 rings (SSSR count). The Kier molecular flexibility index (Phi) is 3.49. The Morgan fingerprint density at radius 1 is 1.42 bits per heavy atom. The van der Waals surface area contributed by atoms with Gasteiger partial charge in [-0.25, -0.2) is 0 Å². The van der Waals surface area contributed by atoms with Crippen LogP contribution >= 0.6 is 0 Å². The molecule has 0 bridgehead atoms. The van der Waals surface area contributed by atoms with Crippen LogP contribution in [-0.4, -0.2) is 35.9 Å². The van der Waals surface area contributed by atoms with Gasteiger partial charge in [0.25, 0.3) is 0 Å². The topological polar surface area (TPSA) is 69.6 Å². The number of carboxylic acids is 1. The van der Waals surface area contributed by atoms with E-state index in [0.29, 0.717) is 6.42 Å². The van der Waals surface area contributed by atoms with Gasteiger partial charge in [0, 0.05) is 6.61 Å². The van der Waals surface area contributed by atoms with Crippen LogP contribution in [0.15, 0.2) is 0 Å². The standard InChI is InChI=1S/C8H15NO3/c10-5-6-1-3-9-4-2-7(6)8(11)12/h6-7,9-10H,1-5H2,(H,11,12). The molecule has 4 nitrogen and oxygen atoms in total. The van der Waals surface area contributed by atoms with Gasteiger partial charge in [0.1, 0.15) is 0 Å². The highest BCUT2D eigenvalue weighted by molar-refractivity contribution is 5.70. The largest absolute Gasteiger partial charge is 0.481 e. The second-order valence-electron chi connectivity index (χ2n) is 3.21. The Morgan fingerprint density at radius 3 is 2.67 bits per heavy atom. The number of rotatable bonds is 2. The van der Waals surface area contributed by atoms with Crippen molar-refractivity contribution in [3.8, 4) is 0 Å². The maximum atomic E-state index is 10.7. The summed E-state index contributed by atoms with van der Waals surface area (Å²) in [6, 6.07) is 0. The Labute approximate surface area is 71.6 Å². The molecule has 1 fully saturated rings. The summed E-state index contributed by atoms with van der Waals surface area (Å²) in [4.78, 5) is 10.7. The number of aliphatic carboxylic acids is 1. The monoisotopic (exact) mass is 173 g/mol. The fraction of sp³-hybridized carbons (Fsp3) is 0.875. The first-order valence-electron chi connectivity index (χ1n) is 4.30. The average Bonchev–Trinajstić information content (AvgIpc) is 2.27. The van der Waals surface area contributed by atoms with E-state index in [0.717, 1.165) is 19.5 Å². The molecule has 0 aromatic rings. The second kappa shape index (κ2) is 4.42. The number of aliphatic hydroxyl groups excluding tert-OH is 1. The van der Waals surface area contributed by atoms with Gasteiger partial charge in [-0.15, -0.1) is 0 Å². The molecule has 2 atom stereocenters.